The maximum absolute atomic E-state index is 9.88. The van der Waals surface area contributed by atoms with Crippen molar-refractivity contribution in [2.24, 2.45) is 0 Å². The molecular formula is C10H10BrNO3. The molecule has 4 nitrogen and oxygen atoms in total. The van der Waals surface area contributed by atoms with Gasteiger partial charge >= 0.3 is 0 Å². The van der Waals surface area contributed by atoms with E-state index in [1.165, 1.54) is 0 Å². The minimum atomic E-state index is -0.488. The van der Waals surface area contributed by atoms with Crippen molar-refractivity contribution in [3.8, 4) is 11.5 Å². The zero-order chi connectivity index (χ0) is 10.4. The quantitative estimate of drug-likeness (QED) is 0.747. The Hall–Kier alpha value is -0.780. The van der Waals surface area contributed by atoms with Gasteiger partial charge in [0.1, 0.15) is 0 Å². The van der Waals surface area contributed by atoms with Crippen molar-refractivity contribution in [2.75, 3.05) is 13.3 Å². The SMILES string of the molecule is OC1CNCc2cc3c(c(Br)c21)OCO3. The zero-order valence-corrected chi connectivity index (χ0v) is 9.50. The van der Waals surface area contributed by atoms with Crippen molar-refractivity contribution in [3.05, 3.63) is 21.7 Å². The van der Waals surface area contributed by atoms with Gasteiger partial charge in [0.2, 0.25) is 6.79 Å². The van der Waals surface area contributed by atoms with Gasteiger partial charge in [0.25, 0.3) is 0 Å². The number of hydrogen-bond acceptors (Lipinski definition) is 4. The van der Waals surface area contributed by atoms with Crippen LogP contribution in [-0.4, -0.2) is 18.4 Å². The van der Waals surface area contributed by atoms with Crippen LogP contribution in [0.4, 0.5) is 0 Å². The lowest BCUT2D eigenvalue weighted by Gasteiger charge is -2.24. The minimum absolute atomic E-state index is 0.250. The summed E-state index contributed by atoms with van der Waals surface area (Å²) in [6, 6.07) is 1.93. The molecule has 15 heavy (non-hydrogen) atoms. The molecule has 3 rings (SSSR count). The van der Waals surface area contributed by atoms with Gasteiger partial charge in [0.05, 0.1) is 10.6 Å². The molecule has 0 radical (unpaired) electrons. The summed E-state index contributed by atoms with van der Waals surface area (Å²) in [4.78, 5) is 0. The first-order valence-electron chi connectivity index (χ1n) is 4.77. The molecule has 1 aromatic carbocycles. The largest absolute Gasteiger partial charge is 0.454 e. The summed E-state index contributed by atoms with van der Waals surface area (Å²) in [5, 5.41) is 13.0. The number of ether oxygens (including phenoxy) is 2. The van der Waals surface area contributed by atoms with Gasteiger partial charge in [0.15, 0.2) is 11.5 Å². The highest BCUT2D eigenvalue weighted by Crippen LogP contribution is 2.45. The molecule has 0 spiro atoms. The third kappa shape index (κ3) is 1.34. The fourth-order valence-electron chi connectivity index (χ4n) is 2.02. The van der Waals surface area contributed by atoms with E-state index in [1.807, 2.05) is 6.07 Å². The van der Waals surface area contributed by atoms with E-state index in [0.29, 0.717) is 12.3 Å². The van der Waals surface area contributed by atoms with E-state index in [0.717, 1.165) is 27.9 Å². The molecule has 0 aliphatic carbocycles. The number of aliphatic hydroxyl groups excluding tert-OH is 1. The Balaban J connectivity index is 2.22. The predicted octanol–water partition coefficient (Wildman–Crippen LogP) is 1.31. The van der Waals surface area contributed by atoms with Crippen LogP contribution in [0, 0.1) is 0 Å². The highest BCUT2D eigenvalue weighted by molar-refractivity contribution is 9.10. The standard InChI is InChI=1S/C10H10BrNO3/c11-9-8-5(2-12-3-6(8)13)1-7-10(9)15-4-14-7/h1,6,12-13H,2-4H2. The Labute approximate surface area is 95.3 Å². The second kappa shape index (κ2) is 3.37. The van der Waals surface area contributed by atoms with Crippen LogP contribution in [-0.2, 0) is 6.54 Å². The van der Waals surface area contributed by atoms with Gasteiger partial charge in [0, 0.05) is 18.7 Å². The lowest BCUT2D eigenvalue weighted by atomic mass is 9.98. The van der Waals surface area contributed by atoms with Crippen molar-refractivity contribution in [1.29, 1.82) is 0 Å². The molecule has 1 atom stereocenters. The van der Waals surface area contributed by atoms with Crippen molar-refractivity contribution < 1.29 is 14.6 Å². The number of hydrogen-bond donors (Lipinski definition) is 2. The molecule has 5 heteroatoms. The van der Waals surface area contributed by atoms with Gasteiger partial charge < -0.3 is 19.9 Å². The van der Waals surface area contributed by atoms with Gasteiger partial charge in [-0.15, -0.1) is 0 Å². The Bertz CT molecular complexity index is 422. The topological polar surface area (TPSA) is 50.7 Å². The van der Waals surface area contributed by atoms with Crippen LogP contribution in [0.25, 0.3) is 0 Å². The fraction of sp³-hybridized carbons (Fsp3) is 0.400. The molecule has 2 N–H and O–H groups in total. The average Bonchev–Trinajstić information content (AvgIpc) is 2.66. The number of rotatable bonds is 0. The number of nitrogens with one attached hydrogen (secondary N) is 1. The van der Waals surface area contributed by atoms with Crippen molar-refractivity contribution >= 4 is 15.9 Å². The summed E-state index contributed by atoms with van der Waals surface area (Å²) in [6.45, 7) is 1.58. The second-order valence-corrected chi connectivity index (χ2v) is 4.44. The first-order valence-corrected chi connectivity index (χ1v) is 5.56. The average molecular weight is 272 g/mol. The molecule has 1 unspecified atom stereocenters. The Morgan fingerprint density at radius 3 is 3.20 bits per heavy atom. The van der Waals surface area contributed by atoms with Crippen LogP contribution in [0.15, 0.2) is 10.5 Å². The third-order valence-electron chi connectivity index (χ3n) is 2.71. The predicted molar refractivity (Wildman–Crippen MR) is 56.9 cm³/mol. The maximum atomic E-state index is 9.88. The van der Waals surface area contributed by atoms with Gasteiger partial charge in [-0.3, -0.25) is 0 Å². The molecule has 0 aromatic heterocycles. The summed E-state index contributed by atoms with van der Waals surface area (Å²) in [5.41, 5.74) is 1.97. The number of fused-ring (bicyclic) bond motifs is 2. The molecule has 0 fully saturated rings. The lowest BCUT2D eigenvalue weighted by molar-refractivity contribution is 0.163. The highest BCUT2D eigenvalue weighted by Gasteiger charge is 2.28. The molecular weight excluding hydrogens is 262 g/mol. The van der Waals surface area contributed by atoms with Gasteiger partial charge in [-0.2, -0.15) is 0 Å². The molecule has 1 aromatic rings. The minimum Gasteiger partial charge on any atom is -0.454 e. The van der Waals surface area contributed by atoms with E-state index in [-0.39, 0.29) is 6.79 Å². The molecule has 2 heterocycles. The van der Waals surface area contributed by atoms with Gasteiger partial charge in [-0.1, -0.05) is 0 Å². The van der Waals surface area contributed by atoms with Crippen molar-refractivity contribution in [3.63, 3.8) is 0 Å². The molecule has 0 saturated heterocycles. The van der Waals surface area contributed by atoms with Crippen LogP contribution in [0.2, 0.25) is 0 Å². The Morgan fingerprint density at radius 2 is 2.33 bits per heavy atom. The molecule has 2 aliphatic rings. The normalized spacial score (nSPS) is 22.7. The molecule has 0 amide bonds. The smallest absolute Gasteiger partial charge is 0.231 e. The van der Waals surface area contributed by atoms with E-state index < -0.39 is 6.10 Å². The molecule has 80 valence electrons. The summed E-state index contributed by atoms with van der Waals surface area (Å²) in [7, 11) is 0. The monoisotopic (exact) mass is 271 g/mol. The third-order valence-corrected chi connectivity index (χ3v) is 3.50. The first kappa shape index (κ1) is 9.45. The zero-order valence-electron chi connectivity index (χ0n) is 7.92. The van der Waals surface area contributed by atoms with E-state index in [2.05, 4.69) is 21.2 Å². The number of benzene rings is 1. The van der Waals surface area contributed by atoms with Crippen LogP contribution in [0.3, 0.4) is 0 Å². The van der Waals surface area contributed by atoms with Crippen LogP contribution < -0.4 is 14.8 Å². The fourth-order valence-corrected chi connectivity index (χ4v) is 2.85. The second-order valence-electron chi connectivity index (χ2n) is 3.64. The summed E-state index contributed by atoms with van der Waals surface area (Å²) in [5.74, 6) is 1.45. The van der Waals surface area contributed by atoms with Crippen molar-refractivity contribution in [1.82, 2.24) is 5.32 Å². The van der Waals surface area contributed by atoms with Crippen LogP contribution >= 0.6 is 15.9 Å². The van der Waals surface area contributed by atoms with E-state index in [4.69, 9.17) is 9.47 Å². The van der Waals surface area contributed by atoms with Crippen LogP contribution in [0.1, 0.15) is 17.2 Å². The van der Waals surface area contributed by atoms with Crippen LogP contribution in [0.5, 0.6) is 11.5 Å². The molecule has 2 aliphatic heterocycles. The lowest BCUT2D eigenvalue weighted by Crippen LogP contribution is -2.28. The van der Waals surface area contributed by atoms with E-state index >= 15 is 0 Å². The molecule has 0 bridgehead atoms. The highest BCUT2D eigenvalue weighted by atomic mass is 79.9. The van der Waals surface area contributed by atoms with E-state index in [9.17, 15) is 5.11 Å². The number of β-amino-alcohol motifs (C(OH)–C–C–N with tert-alkyl or cyclic N) is 1. The Morgan fingerprint density at radius 1 is 1.47 bits per heavy atom. The Kier molecular flexibility index (Phi) is 2.12. The van der Waals surface area contributed by atoms with Crippen molar-refractivity contribution in [2.45, 2.75) is 12.6 Å². The van der Waals surface area contributed by atoms with E-state index in [1.54, 1.807) is 0 Å². The number of aliphatic hydroxyl groups is 1. The molecule has 0 saturated carbocycles. The maximum Gasteiger partial charge on any atom is 0.231 e. The summed E-state index contributed by atoms with van der Waals surface area (Å²) in [6.07, 6.45) is -0.488. The summed E-state index contributed by atoms with van der Waals surface area (Å²) < 4.78 is 11.5. The first-order chi connectivity index (χ1) is 7.27. The van der Waals surface area contributed by atoms with Gasteiger partial charge in [-0.25, -0.2) is 0 Å². The number of halogens is 1. The summed E-state index contributed by atoms with van der Waals surface area (Å²) >= 11 is 3.47. The van der Waals surface area contributed by atoms with Gasteiger partial charge in [-0.05, 0) is 27.6 Å².